The third kappa shape index (κ3) is 9.07. The summed E-state index contributed by atoms with van der Waals surface area (Å²) in [5.74, 6) is -0.805. The number of ether oxygens (including phenoxy) is 1. The van der Waals surface area contributed by atoms with Crippen LogP contribution in [0.1, 0.15) is 105 Å². The molecule has 5 heterocycles. The van der Waals surface area contributed by atoms with Crippen molar-refractivity contribution >= 4 is 58.3 Å². The molecule has 0 spiro atoms. The smallest absolute Gasteiger partial charge is 0.255 e. The van der Waals surface area contributed by atoms with Crippen LogP contribution in [0.4, 0.5) is 15.9 Å². The lowest BCUT2D eigenvalue weighted by atomic mass is 10.0. The van der Waals surface area contributed by atoms with Gasteiger partial charge in [0.1, 0.15) is 18.0 Å². The highest BCUT2D eigenvalue weighted by atomic mass is 35.5. The number of hydrogen-bond donors (Lipinski definition) is 3. The molecular formula is C42H47Cl2FN8O5. The van der Waals surface area contributed by atoms with Crippen molar-refractivity contribution < 1.29 is 28.3 Å². The maximum atomic E-state index is 14.1. The summed E-state index contributed by atoms with van der Waals surface area (Å²) in [7, 11) is 0. The molecule has 0 saturated carbocycles. The number of unbranched alkanes of at least 4 members (excludes halogenated alkanes) is 4. The second-order valence-electron chi connectivity index (χ2n) is 15.1. The number of pyridine rings is 1. The van der Waals surface area contributed by atoms with Crippen molar-refractivity contribution in [1.29, 1.82) is 0 Å². The topological polar surface area (TPSA) is 165 Å². The molecule has 4 aromatic rings. The molecule has 3 aliphatic heterocycles. The van der Waals surface area contributed by atoms with Crippen molar-refractivity contribution in [2.45, 2.75) is 95.9 Å². The van der Waals surface area contributed by atoms with E-state index in [-0.39, 0.29) is 46.0 Å². The Morgan fingerprint density at radius 3 is 2.60 bits per heavy atom. The number of carbonyl (C=O) groups is 4. The monoisotopic (exact) mass is 832 g/mol. The number of nitrogens with one attached hydrogen (secondary N) is 2. The maximum absolute atomic E-state index is 14.1. The largest absolute Gasteiger partial charge is 0.482 e. The van der Waals surface area contributed by atoms with Crippen LogP contribution in [0.15, 0.2) is 55.0 Å². The zero-order valence-electron chi connectivity index (χ0n) is 32.3. The predicted octanol–water partition coefficient (Wildman–Crippen LogP) is 7.49. The van der Waals surface area contributed by atoms with Crippen LogP contribution < -0.4 is 21.1 Å². The molecule has 306 valence electrons. The van der Waals surface area contributed by atoms with Gasteiger partial charge in [-0.3, -0.25) is 29.2 Å². The maximum Gasteiger partial charge on any atom is 0.255 e. The normalized spacial score (nSPS) is 17.7. The van der Waals surface area contributed by atoms with Gasteiger partial charge in [0.25, 0.3) is 5.91 Å². The van der Waals surface area contributed by atoms with Gasteiger partial charge in [-0.2, -0.15) is 5.10 Å². The van der Waals surface area contributed by atoms with Crippen LogP contribution >= 0.6 is 23.2 Å². The molecule has 2 aromatic heterocycles. The van der Waals surface area contributed by atoms with E-state index in [4.69, 9.17) is 33.7 Å². The molecule has 2 aromatic carbocycles. The number of amides is 4. The van der Waals surface area contributed by atoms with E-state index in [1.807, 2.05) is 27.9 Å². The van der Waals surface area contributed by atoms with Crippen molar-refractivity contribution in [2.24, 2.45) is 0 Å². The summed E-state index contributed by atoms with van der Waals surface area (Å²) in [6.07, 6.45) is 12.2. The summed E-state index contributed by atoms with van der Waals surface area (Å²) >= 11 is 12.5. The zero-order chi connectivity index (χ0) is 40.9. The van der Waals surface area contributed by atoms with Crippen LogP contribution in [0.5, 0.6) is 5.75 Å². The summed E-state index contributed by atoms with van der Waals surface area (Å²) in [6.45, 7) is 4.16. The Morgan fingerprint density at radius 1 is 1.03 bits per heavy atom. The molecule has 13 nitrogen and oxygen atoms in total. The molecule has 4 N–H and O–H groups in total. The second kappa shape index (κ2) is 18.2. The molecule has 0 bridgehead atoms. The number of fused-ring (bicyclic) bond motifs is 1. The summed E-state index contributed by atoms with van der Waals surface area (Å²) in [5.41, 5.74) is 10.4. The van der Waals surface area contributed by atoms with E-state index < -0.39 is 23.9 Å². The Labute approximate surface area is 346 Å². The number of hydrogen-bond acceptors (Lipinski definition) is 9. The fourth-order valence-corrected chi connectivity index (χ4v) is 8.68. The Balaban J connectivity index is 0.803. The predicted molar refractivity (Wildman–Crippen MR) is 219 cm³/mol. The number of likely N-dealkylation sites (tertiary alicyclic amines) is 1. The number of nitrogens with two attached hydrogens (primary N) is 1. The first-order valence-electron chi connectivity index (χ1n) is 19.9. The van der Waals surface area contributed by atoms with E-state index in [1.54, 1.807) is 36.4 Å². The molecule has 2 fully saturated rings. The van der Waals surface area contributed by atoms with Crippen LogP contribution in [0.2, 0.25) is 10.0 Å². The highest BCUT2D eigenvalue weighted by molar-refractivity contribution is 6.36. The molecule has 0 radical (unpaired) electrons. The number of carbonyl (C=O) groups excluding carboxylic acids is 4. The van der Waals surface area contributed by atoms with Crippen LogP contribution in [-0.2, 0) is 20.9 Å². The standard InChI is InChI=1S/C42H47Cl2FN8O5/c1-25(38-31(43)11-12-32(45)39(38)44)58-35-20-26(21-48-40(35)46)27-22-49-53(23-27)28-15-18-51(19-16-28)37(55)10-5-3-2-4-6-17-47-33-9-7-8-29-30(33)24-52(42(29)57)34-13-14-36(54)50-41(34)56/h7-9,11-12,20-23,25,28,34,47H,2-6,10,13-19,24H2,1H3,(H2,46,48)(H,50,54,56)/t25-,34?/m1/s1. The van der Waals surface area contributed by atoms with Gasteiger partial charge in [0.05, 0.1) is 17.3 Å². The average molecular weight is 834 g/mol. The van der Waals surface area contributed by atoms with E-state index in [9.17, 15) is 23.6 Å². The van der Waals surface area contributed by atoms with Crippen molar-refractivity contribution in [3.05, 3.63) is 87.5 Å². The van der Waals surface area contributed by atoms with E-state index >= 15 is 0 Å². The van der Waals surface area contributed by atoms with Crippen LogP contribution in [0.3, 0.4) is 0 Å². The third-order valence-corrected chi connectivity index (χ3v) is 12.0. The minimum Gasteiger partial charge on any atom is -0.482 e. The fraction of sp³-hybridized carbons (Fsp3) is 0.429. The SMILES string of the molecule is C[C@@H](Oc1cc(-c2cnn(C3CCN(C(=O)CCCCCCCNc4cccc5c4CN(C4CCC(=O)NC4=O)C5=O)CC3)c2)cnc1N)c1c(Cl)ccc(F)c1Cl. The van der Waals surface area contributed by atoms with Crippen molar-refractivity contribution in [3.63, 3.8) is 0 Å². The van der Waals surface area contributed by atoms with Gasteiger partial charge < -0.3 is 25.6 Å². The minimum absolute atomic E-state index is 0.105. The van der Waals surface area contributed by atoms with Gasteiger partial charge in [0, 0.05) is 89.9 Å². The van der Waals surface area contributed by atoms with Crippen LogP contribution in [0, 0.1) is 5.82 Å². The minimum atomic E-state index is -0.694. The van der Waals surface area contributed by atoms with E-state index in [2.05, 4.69) is 20.7 Å². The summed E-state index contributed by atoms with van der Waals surface area (Å²) < 4.78 is 22.1. The van der Waals surface area contributed by atoms with Gasteiger partial charge in [-0.05, 0) is 69.4 Å². The van der Waals surface area contributed by atoms with E-state index in [0.29, 0.717) is 49.4 Å². The molecular weight excluding hydrogens is 786 g/mol. The number of nitrogen functional groups attached to an aromatic ring is 1. The Morgan fingerprint density at radius 2 is 1.81 bits per heavy atom. The lowest BCUT2D eigenvalue weighted by Gasteiger charge is -2.32. The summed E-state index contributed by atoms with van der Waals surface area (Å²) in [4.78, 5) is 58.0. The number of halogens is 3. The molecule has 0 aliphatic carbocycles. The Bertz CT molecular complexity index is 2190. The van der Waals surface area contributed by atoms with Gasteiger partial charge in [0.2, 0.25) is 17.7 Å². The lowest BCUT2D eigenvalue weighted by Crippen LogP contribution is -2.52. The van der Waals surface area contributed by atoms with E-state index in [1.165, 1.54) is 12.1 Å². The first kappa shape index (κ1) is 41.0. The van der Waals surface area contributed by atoms with Gasteiger partial charge in [0.15, 0.2) is 11.6 Å². The molecule has 16 heteroatoms. The lowest BCUT2D eigenvalue weighted by molar-refractivity contribution is -0.137. The number of benzene rings is 2. The number of aromatic nitrogens is 3. The number of piperidine rings is 2. The number of imide groups is 1. The molecule has 7 rings (SSSR count). The molecule has 3 aliphatic rings. The molecule has 1 unspecified atom stereocenters. The van der Waals surface area contributed by atoms with Crippen LogP contribution in [0.25, 0.3) is 11.1 Å². The number of rotatable bonds is 15. The number of nitrogens with zero attached hydrogens (tertiary/aromatic N) is 5. The van der Waals surface area contributed by atoms with Gasteiger partial charge in [-0.1, -0.05) is 48.5 Å². The average Bonchev–Trinajstić information content (AvgIpc) is 3.84. The Kier molecular flexibility index (Phi) is 12.8. The van der Waals surface area contributed by atoms with E-state index in [0.717, 1.165) is 73.9 Å². The van der Waals surface area contributed by atoms with Gasteiger partial charge in [-0.15, -0.1) is 0 Å². The highest BCUT2D eigenvalue weighted by Gasteiger charge is 2.40. The second-order valence-corrected chi connectivity index (χ2v) is 15.9. The quantitative estimate of drug-likeness (QED) is 0.0626. The van der Waals surface area contributed by atoms with Gasteiger partial charge >= 0.3 is 0 Å². The third-order valence-electron chi connectivity index (χ3n) is 11.3. The molecule has 58 heavy (non-hydrogen) atoms. The first-order chi connectivity index (χ1) is 28.0. The molecule has 4 amide bonds. The zero-order valence-corrected chi connectivity index (χ0v) is 33.8. The van der Waals surface area contributed by atoms with Crippen molar-refractivity contribution in [3.8, 4) is 16.9 Å². The Hall–Kier alpha value is -5.21. The molecule has 2 saturated heterocycles. The van der Waals surface area contributed by atoms with Crippen LogP contribution in [-0.4, -0.2) is 73.9 Å². The van der Waals surface area contributed by atoms with Crippen molar-refractivity contribution in [1.82, 2.24) is 29.9 Å². The number of anilines is 2. The molecule has 2 atom stereocenters. The fourth-order valence-electron chi connectivity index (χ4n) is 8.00. The summed E-state index contributed by atoms with van der Waals surface area (Å²) in [5, 5.41) is 10.6. The summed E-state index contributed by atoms with van der Waals surface area (Å²) in [6, 6.07) is 9.52. The highest BCUT2D eigenvalue weighted by Crippen LogP contribution is 2.38. The van der Waals surface area contributed by atoms with Gasteiger partial charge in [-0.25, -0.2) is 9.37 Å². The first-order valence-corrected chi connectivity index (χ1v) is 20.6. The van der Waals surface area contributed by atoms with Crippen molar-refractivity contribution in [2.75, 3.05) is 30.7 Å².